The number of carbonyl (C=O) groups excluding carboxylic acids is 1. The molecule has 0 saturated carbocycles. The molecule has 2 atom stereocenters. The predicted molar refractivity (Wildman–Crippen MR) is 92.7 cm³/mol. The zero-order chi connectivity index (χ0) is 17.5. The SMILES string of the molecule is CCC(=O)N(C)C1CC2CCC(C1)N2c1ccc(S(C)(=O)=O)cn1. The summed E-state index contributed by atoms with van der Waals surface area (Å²) in [7, 11) is -1.31. The molecule has 1 amide bonds. The second kappa shape index (κ2) is 6.35. The van der Waals surface area contributed by atoms with Gasteiger partial charge in [0, 0.05) is 44.0 Å². The molecule has 0 spiro atoms. The van der Waals surface area contributed by atoms with E-state index in [-0.39, 0.29) is 10.8 Å². The number of sulfone groups is 1. The molecule has 2 fully saturated rings. The Bertz CT molecular complexity index is 703. The van der Waals surface area contributed by atoms with E-state index in [1.165, 1.54) is 12.5 Å². The van der Waals surface area contributed by atoms with Crippen LogP contribution in [0.2, 0.25) is 0 Å². The second-order valence-electron chi connectivity index (χ2n) is 6.90. The van der Waals surface area contributed by atoms with Crippen molar-refractivity contribution in [3.8, 4) is 0 Å². The maximum atomic E-state index is 12.0. The van der Waals surface area contributed by atoms with E-state index in [0.29, 0.717) is 24.5 Å². The first-order valence-corrected chi connectivity index (χ1v) is 10.4. The van der Waals surface area contributed by atoms with Crippen molar-refractivity contribution in [1.82, 2.24) is 9.88 Å². The zero-order valence-electron chi connectivity index (χ0n) is 14.5. The molecule has 0 aromatic carbocycles. The number of hydrogen-bond acceptors (Lipinski definition) is 5. The number of carbonyl (C=O) groups is 1. The van der Waals surface area contributed by atoms with E-state index in [0.717, 1.165) is 31.5 Å². The lowest BCUT2D eigenvalue weighted by atomic mass is 9.96. The van der Waals surface area contributed by atoms with Crippen molar-refractivity contribution < 1.29 is 13.2 Å². The lowest BCUT2D eigenvalue weighted by Crippen LogP contribution is -2.51. The highest BCUT2D eigenvalue weighted by atomic mass is 32.2. The molecule has 0 radical (unpaired) electrons. The molecule has 3 rings (SSSR count). The van der Waals surface area contributed by atoms with Gasteiger partial charge in [0.25, 0.3) is 0 Å². The monoisotopic (exact) mass is 351 g/mol. The Labute approximate surface area is 143 Å². The Balaban J connectivity index is 1.77. The topological polar surface area (TPSA) is 70.6 Å². The van der Waals surface area contributed by atoms with Crippen molar-refractivity contribution >= 4 is 21.6 Å². The average Bonchev–Trinajstić information content (AvgIpc) is 2.82. The molecule has 2 aliphatic rings. The number of pyridine rings is 1. The minimum atomic E-state index is -3.22. The summed E-state index contributed by atoms with van der Waals surface area (Å²) < 4.78 is 23.2. The Morgan fingerprint density at radius 1 is 1.29 bits per heavy atom. The number of rotatable bonds is 4. The number of fused-ring (bicyclic) bond motifs is 2. The molecule has 3 heterocycles. The van der Waals surface area contributed by atoms with E-state index in [4.69, 9.17) is 0 Å². The second-order valence-corrected chi connectivity index (χ2v) is 8.92. The molecule has 2 unspecified atom stereocenters. The highest BCUT2D eigenvalue weighted by Crippen LogP contribution is 2.40. The summed E-state index contributed by atoms with van der Waals surface area (Å²) in [5.74, 6) is 1.04. The third-order valence-corrected chi connectivity index (χ3v) is 6.46. The van der Waals surface area contributed by atoms with Crippen LogP contribution in [0.5, 0.6) is 0 Å². The van der Waals surface area contributed by atoms with Gasteiger partial charge < -0.3 is 9.80 Å². The van der Waals surface area contributed by atoms with Gasteiger partial charge in [-0.3, -0.25) is 4.79 Å². The quantitative estimate of drug-likeness (QED) is 0.828. The molecular formula is C17H25N3O3S. The van der Waals surface area contributed by atoms with Crippen molar-refractivity contribution in [3.63, 3.8) is 0 Å². The van der Waals surface area contributed by atoms with Crippen molar-refractivity contribution in [2.24, 2.45) is 0 Å². The summed E-state index contributed by atoms with van der Waals surface area (Å²) in [6.07, 6.45) is 7.29. The smallest absolute Gasteiger partial charge is 0.222 e. The maximum absolute atomic E-state index is 12.0. The normalized spacial score (nSPS) is 26.5. The zero-order valence-corrected chi connectivity index (χ0v) is 15.3. The summed E-state index contributed by atoms with van der Waals surface area (Å²) in [5, 5.41) is 0. The van der Waals surface area contributed by atoms with Crippen molar-refractivity contribution in [2.45, 2.75) is 62.0 Å². The summed E-state index contributed by atoms with van der Waals surface area (Å²) in [4.78, 5) is 20.9. The molecule has 0 aliphatic carbocycles. The summed E-state index contributed by atoms with van der Waals surface area (Å²) >= 11 is 0. The first-order chi connectivity index (χ1) is 11.3. The average molecular weight is 351 g/mol. The van der Waals surface area contributed by atoms with E-state index in [9.17, 15) is 13.2 Å². The van der Waals surface area contributed by atoms with E-state index in [2.05, 4.69) is 9.88 Å². The molecule has 0 N–H and O–H groups in total. The van der Waals surface area contributed by atoms with Crippen LogP contribution in [0, 0.1) is 0 Å². The van der Waals surface area contributed by atoms with Gasteiger partial charge in [-0.15, -0.1) is 0 Å². The van der Waals surface area contributed by atoms with Gasteiger partial charge in [-0.1, -0.05) is 6.92 Å². The maximum Gasteiger partial charge on any atom is 0.222 e. The molecule has 132 valence electrons. The lowest BCUT2D eigenvalue weighted by Gasteiger charge is -2.42. The predicted octanol–water partition coefficient (Wildman–Crippen LogP) is 1.85. The standard InChI is InChI=1S/C17H25N3O3S/c1-4-17(21)19(2)14-9-12-5-6-13(10-14)20(12)16-8-7-15(11-18-16)24(3,22)23/h7-8,11-14H,4-6,9-10H2,1-3H3. The van der Waals surface area contributed by atoms with Crippen molar-refractivity contribution in [2.75, 3.05) is 18.2 Å². The first kappa shape index (κ1) is 17.2. The molecule has 24 heavy (non-hydrogen) atoms. The number of hydrogen-bond donors (Lipinski definition) is 0. The third-order valence-electron chi connectivity index (χ3n) is 5.37. The molecule has 6 nitrogen and oxygen atoms in total. The number of aromatic nitrogens is 1. The van der Waals surface area contributed by atoms with Gasteiger partial charge in [-0.25, -0.2) is 13.4 Å². The minimum Gasteiger partial charge on any atom is -0.350 e. The Hall–Kier alpha value is -1.63. The van der Waals surface area contributed by atoms with Crippen LogP contribution in [-0.2, 0) is 14.6 Å². The minimum absolute atomic E-state index is 0.198. The van der Waals surface area contributed by atoms with Gasteiger partial charge in [0.15, 0.2) is 9.84 Å². The number of piperidine rings is 1. The van der Waals surface area contributed by atoms with Crippen LogP contribution < -0.4 is 4.90 Å². The van der Waals surface area contributed by atoms with Crippen LogP contribution in [-0.4, -0.2) is 55.6 Å². The van der Waals surface area contributed by atoms with E-state index in [1.807, 2.05) is 24.9 Å². The largest absolute Gasteiger partial charge is 0.350 e. The van der Waals surface area contributed by atoms with Crippen molar-refractivity contribution in [3.05, 3.63) is 18.3 Å². The summed E-state index contributed by atoms with van der Waals surface area (Å²) in [6, 6.07) is 4.48. The highest BCUT2D eigenvalue weighted by molar-refractivity contribution is 7.90. The Morgan fingerprint density at radius 2 is 1.92 bits per heavy atom. The van der Waals surface area contributed by atoms with E-state index < -0.39 is 9.84 Å². The van der Waals surface area contributed by atoms with Gasteiger partial charge in [-0.2, -0.15) is 0 Å². The van der Waals surface area contributed by atoms with Crippen LogP contribution in [0.4, 0.5) is 5.82 Å². The van der Waals surface area contributed by atoms with Gasteiger partial charge in [0.2, 0.25) is 5.91 Å². The van der Waals surface area contributed by atoms with Gasteiger partial charge in [0.05, 0.1) is 4.90 Å². The number of anilines is 1. The lowest BCUT2D eigenvalue weighted by molar-refractivity contribution is -0.132. The van der Waals surface area contributed by atoms with E-state index >= 15 is 0 Å². The Morgan fingerprint density at radius 3 is 2.38 bits per heavy atom. The molecule has 1 aromatic heterocycles. The van der Waals surface area contributed by atoms with E-state index in [1.54, 1.807) is 6.07 Å². The summed E-state index contributed by atoms with van der Waals surface area (Å²) in [5.41, 5.74) is 0. The number of nitrogens with zero attached hydrogens (tertiary/aromatic N) is 3. The fraction of sp³-hybridized carbons (Fsp3) is 0.647. The van der Waals surface area contributed by atoms with Crippen LogP contribution in [0.1, 0.15) is 39.0 Å². The third kappa shape index (κ3) is 3.14. The van der Waals surface area contributed by atoms with Gasteiger partial charge >= 0.3 is 0 Å². The van der Waals surface area contributed by atoms with Crippen LogP contribution in [0.25, 0.3) is 0 Å². The first-order valence-electron chi connectivity index (χ1n) is 8.51. The fourth-order valence-electron chi connectivity index (χ4n) is 4.04. The number of amides is 1. The molecule has 1 aromatic rings. The summed E-state index contributed by atoms with van der Waals surface area (Å²) in [6.45, 7) is 1.90. The molecule has 2 bridgehead atoms. The Kier molecular flexibility index (Phi) is 4.55. The molecule has 7 heteroatoms. The fourth-order valence-corrected chi connectivity index (χ4v) is 4.60. The molecule has 2 aliphatic heterocycles. The molecular weight excluding hydrogens is 326 g/mol. The van der Waals surface area contributed by atoms with Crippen LogP contribution in [0.15, 0.2) is 23.2 Å². The van der Waals surface area contributed by atoms with Gasteiger partial charge in [0.1, 0.15) is 5.82 Å². The van der Waals surface area contributed by atoms with Crippen LogP contribution in [0.3, 0.4) is 0 Å². The highest BCUT2D eigenvalue weighted by Gasteiger charge is 2.43. The van der Waals surface area contributed by atoms with Gasteiger partial charge in [-0.05, 0) is 37.8 Å². The van der Waals surface area contributed by atoms with Crippen molar-refractivity contribution in [1.29, 1.82) is 0 Å². The van der Waals surface area contributed by atoms with Crippen LogP contribution >= 0.6 is 0 Å². The molecule has 2 saturated heterocycles.